The van der Waals surface area contributed by atoms with Gasteiger partial charge in [0.1, 0.15) is 0 Å². The van der Waals surface area contributed by atoms with E-state index in [0.29, 0.717) is 24.2 Å². The Labute approximate surface area is 173 Å². The van der Waals surface area contributed by atoms with Gasteiger partial charge in [0.25, 0.3) is 0 Å². The van der Waals surface area contributed by atoms with Crippen LogP contribution in [0.4, 0.5) is 17.6 Å². The fourth-order valence-electron chi connectivity index (χ4n) is 3.12. The molecule has 0 fully saturated rings. The van der Waals surface area contributed by atoms with Crippen LogP contribution in [0.5, 0.6) is 0 Å². The zero-order valence-electron chi connectivity index (χ0n) is 16.9. The van der Waals surface area contributed by atoms with E-state index in [4.69, 9.17) is 0 Å². The number of rotatable bonds is 8. The second-order valence-corrected chi connectivity index (χ2v) is 7.37. The van der Waals surface area contributed by atoms with E-state index in [1.165, 1.54) is 12.1 Å². The van der Waals surface area contributed by atoms with Crippen molar-refractivity contribution in [3.63, 3.8) is 0 Å². The van der Waals surface area contributed by atoms with Crippen LogP contribution in [0, 0.1) is 23.3 Å². The van der Waals surface area contributed by atoms with Crippen molar-refractivity contribution in [1.29, 1.82) is 0 Å². The highest BCUT2D eigenvalue weighted by molar-refractivity contribution is 5.25. The lowest BCUT2D eigenvalue weighted by Crippen LogP contribution is -2.19. The monoisotopic (exact) mass is 416 g/mol. The van der Waals surface area contributed by atoms with E-state index >= 15 is 0 Å². The zero-order chi connectivity index (χ0) is 21.7. The molecule has 0 saturated heterocycles. The number of hydrogen-bond donors (Lipinski definition) is 2. The largest absolute Gasteiger partial charge is 0.306 e. The van der Waals surface area contributed by atoms with Crippen LogP contribution >= 0.6 is 0 Å². The first-order valence-corrected chi connectivity index (χ1v) is 9.78. The highest BCUT2D eigenvalue weighted by Gasteiger charge is 2.10. The van der Waals surface area contributed by atoms with Gasteiger partial charge in [-0.05, 0) is 60.4 Å². The topological polar surface area (TPSA) is 24.1 Å². The summed E-state index contributed by atoms with van der Waals surface area (Å²) in [5, 5.41) is 6.58. The Bertz CT molecular complexity index is 908. The second-order valence-electron chi connectivity index (χ2n) is 7.37. The minimum atomic E-state index is -0.853. The standard InChI is InChI=1S/C24H24F4N2/c1-15(19-7-9-21(25)23(27)11-19)29-13-17-3-5-18(6-4-17)14-30-16(2)20-8-10-22(26)24(28)12-20/h3-12,15-16,29-30H,13-14H2,1-2H3/t15-,16-/m0/s1. The summed E-state index contributed by atoms with van der Waals surface area (Å²) in [6, 6.07) is 15.5. The summed E-state index contributed by atoms with van der Waals surface area (Å²) in [5.74, 6) is -3.41. The average molecular weight is 416 g/mol. The molecule has 0 unspecified atom stereocenters. The minimum absolute atomic E-state index is 0.126. The van der Waals surface area contributed by atoms with Crippen LogP contribution in [0.25, 0.3) is 0 Å². The van der Waals surface area contributed by atoms with E-state index in [2.05, 4.69) is 10.6 Å². The van der Waals surface area contributed by atoms with Crippen molar-refractivity contribution in [2.24, 2.45) is 0 Å². The summed E-state index contributed by atoms with van der Waals surface area (Å²) in [6.07, 6.45) is 0. The summed E-state index contributed by atoms with van der Waals surface area (Å²) >= 11 is 0. The van der Waals surface area contributed by atoms with Gasteiger partial charge in [-0.1, -0.05) is 36.4 Å². The first-order chi connectivity index (χ1) is 14.3. The van der Waals surface area contributed by atoms with Gasteiger partial charge in [0.15, 0.2) is 23.3 Å². The maximum Gasteiger partial charge on any atom is 0.159 e. The van der Waals surface area contributed by atoms with Crippen LogP contribution < -0.4 is 10.6 Å². The predicted octanol–water partition coefficient (Wildman–Crippen LogP) is 5.94. The van der Waals surface area contributed by atoms with Crippen molar-refractivity contribution in [2.75, 3.05) is 0 Å². The van der Waals surface area contributed by atoms with Gasteiger partial charge in [0, 0.05) is 25.2 Å². The van der Waals surface area contributed by atoms with Gasteiger partial charge in [-0.15, -0.1) is 0 Å². The molecular formula is C24H24F4N2. The van der Waals surface area contributed by atoms with E-state index < -0.39 is 23.3 Å². The van der Waals surface area contributed by atoms with Gasteiger partial charge in [-0.3, -0.25) is 0 Å². The fraction of sp³-hybridized carbons (Fsp3) is 0.250. The maximum absolute atomic E-state index is 13.4. The van der Waals surface area contributed by atoms with Crippen LogP contribution in [0.1, 0.15) is 48.2 Å². The lowest BCUT2D eigenvalue weighted by atomic mass is 10.1. The Morgan fingerprint density at radius 1 is 0.567 bits per heavy atom. The van der Waals surface area contributed by atoms with Crippen molar-refractivity contribution in [1.82, 2.24) is 10.6 Å². The Hall–Kier alpha value is -2.70. The minimum Gasteiger partial charge on any atom is -0.306 e. The lowest BCUT2D eigenvalue weighted by Gasteiger charge is -2.16. The molecule has 2 atom stereocenters. The molecule has 3 aromatic carbocycles. The SMILES string of the molecule is C[C@H](NCc1ccc(CN[C@@H](C)c2ccc(F)c(F)c2)cc1)c1ccc(F)c(F)c1. The molecule has 0 heterocycles. The third-order valence-electron chi connectivity index (χ3n) is 5.14. The number of benzene rings is 3. The highest BCUT2D eigenvalue weighted by Crippen LogP contribution is 2.18. The highest BCUT2D eigenvalue weighted by atomic mass is 19.2. The summed E-state index contributed by atoms with van der Waals surface area (Å²) in [7, 11) is 0. The van der Waals surface area contributed by atoms with Crippen LogP contribution in [0.3, 0.4) is 0 Å². The van der Waals surface area contributed by atoms with Crippen LogP contribution in [0.15, 0.2) is 60.7 Å². The Balaban J connectivity index is 1.50. The third kappa shape index (κ3) is 5.68. The van der Waals surface area contributed by atoms with Gasteiger partial charge in [-0.25, -0.2) is 17.6 Å². The van der Waals surface area contributed by atoms with Crippen molar-refractivity contribution in [2.45, 2.75) is 39.0 Å². The summed E-state index contributed by atoms with van der Waals surface area (Å²) in [6.45, 7) is 4.95. The third-order valence-corrected chi connectivity index (χ3v) is 5.14. The van der Waals surface area contributed by atoms with Crippen molar-refractivity contribution in [3.05, 3.63) is 106 Å². The Morgan fingerprint density at radius 3 is 1.27 bits per heavy atom. The van der Waals surface area contributed by atoms with Gasteiger partial charge < -0.3 is 10.6 Å². The average Bonchev–Trinajstić information content (AvgIpc) is 2.74. The normalized spacial score (nSPS) is 13.3. The molecule has 158 valence electrons. The van der Waals surface area contributed by atoms with Crippen molar-refractivity contribution >= 4 is 0 Å². The summed E-state index contributed by atoms with van der Waals surface area (Å²) < 4.78 is 52.9. The van der Waals surface area contributed by atoms with E-state index in [0.717, 1.165) is 23.3 Å². The van der Waals surface area contributed by atoms with E-state index in [1.807, 2.05) is 38.1 Å². The Kier molecular flexibility index (Phi) is 7.24. The van der Waals surface area contributed by atoms with Gasteiger partial charge in [0.2, 0.25) is 0 Å². The number of hydrogen-bond acceptors (Lipinski definition) is 2. The van der Waals surface area contributed by atoms with Crippen molar-refractivity contribution < 1.29 is 17.6 Å². The zero-order valence-corrected chi connectivity index (χ0v) is 16.9. The first-order valence-electron chi connectivity index (χ1n) is 9.78. The molecule has 2 nitrogen and oxygen atoms in total. The molecule has 0 aliphatic heterocycles. The molecule has 0 bridgehead atoms. The Morgan fingerprint density at radius 2 is 0.933 bits per heavy atom. The smallest absolute Gasteiger partial charge is 0.159 e. The summed E-state index contributed by atoms with van der Waals surface area (Å²) in [5.41, 5.74) is 3.48. The molecule has 0 radical (unpaired) electrons. The molecule has 0 aromatic heterocycles. The molecule has 0 saturated carbocycles. The predicted molar refractivity (Wildman–Crippen MR) is 110 cm³/mol. The van der Waals surface area contributed by atoms with Gasteiger partial charge in [0.05, 0.1) is 0 Å². The molecule has 3 rings (SSSR count). The molecular weight excluding hydrogens is 392 g/mol. The molecule has 0 aliphatic rings. The second kappa shape index (κ2) is 9.87. The molecule has 0 spiro atoms. The van der Waals surface area contributed by atoms with Crippen LogP contribution in [0.2, 0.25) is 0 Å². The molecule has 6 heteroatoms. The molecule has 3 aromatic rings. The van der Waals surface area contributed by atoms with E-state index in [1.54, 1.807) is 12.1 Å². The lowest BCUT2D eigenvalue weighted by molar-refractivity contribution is 0.500. The quantitative estimate of drug-likeness (QED) is 0.444. The van der Waals surface area contributed by atoms with Crippen molar-refractivity contribution in [3.8, 4) is 0 Å². The maximum atomic E-state index is 13.4. The number of halogens is 4. The molecule has 2 N–H and O–H groups in total. The van der Waals surface area contributed by atoms with E-state index in [9.17, 15) is 17.6 Å². The summed E-state index contributed by atoms with van der Waals surface area (Å²) in [4.78, 5) is 0. The molecule has 30 heavy (non-hydrogen) atoms. The van der Waals surface area contributed by atoms with Gasteiger partial charge in [-0.2, -0.15) is 0 Å². The number of nitrogens with one attached hydrogen (secondary N) is 2. The van der Waals surface area contributed by atoms with Gasteiger partial charge >= 0.3 is 0 Å². The molecule has 0 amide bonds. The van der Waals surface area contributed by atoms with Crippen LogP contribution in [-0.4, -0.2) is 0 Å². The molecule has 0 aliphatic carbocycles. The first kappa shape index (κ1) is 22.0. The fourth-order valence-corrected chi connectivity index (χ4v) is 3.12. The van der Waals surface area contributed by atoms with E-state index in [-0.39, 0.29) is 12.1 Å². The van der Waals surface area contributed by atoms with Crippen LogP contribution in [-0.2, 0) is 13.1 Å².